The molecule has 2 saturated heterocycles. The zero-order valence-electron chi connectivity index (χ0n) is 21.0. The Morgan fingerprint density at radius 3 is 2.30 bits per heavy atom. The zero-order chi connectivity index (χ0) is 24.4. The lowest BCUT2D eigenvalue weighted by Crippen LogP contribution is -2.49. The zero-order valence-corrected chi connectivity index (χ0v) is 22.0. The molecule has 1 aromatic carbocycles. The maximum absolute atomic E-state index is 11.8. The third-order valence-corrected chi connectivity index (χ3v) is 11.7. The van der Waals surface area contributed by atoms with E-state index >= 15 is 0 Å². The summed E-state index contributed by atoms with van der Waals surface area (Å²) in [5.74, 6) is -0.671. The summed E-state index contributed by atoms with van der Waals surface area (Å²) in [6.45, 7) is 15.3. The lowest BCUT2D eigenvalue weighted by Gasteiger charge is -2.40. The van der Waals surface area contributed by atoms with E-state index in [1.165, 1.54) is 13.8 Å². The highest BCUT2D eigenvalue weighted by Crippen LogP contribution is 2.43. The van der Waals surface area contributed by atoms with Crippen LogP contribution in [-0.4, -0.2) is 68.7 Å². The van der Waals surface area contributed by atoms with Crippen molar-refractivity contribution in [1.82, 2.24) is 4.90 Å². The van der Waals surface area contributed by atoms with Crippen LogP contribution in [0.3, 0.4) is 0 Å². The Morgan fingerprint density at radius 2 is 1.73 bits per heavy atom. The molecule has 0 N–H and O–H groups in total. The van der Waals surface area contributed by atoms with Crippen LogP contribution in [0.5, 0.6) is 0 Å². The van der Waals surface area contributed by atoms with Crippen molar-refractivity contribution in [2.24, 2.45) is 0 Å². The number of rotatable bonds is 8. The van der Waals surface area contributed by atoms with E-state index in [-0.39, 0.29) is 54.0 Å². The lowest BCUT2D eigenvalue weighted by molar-refractivity contribution is -0.150. The fourth-order valence-electron chi connectivity index (χ4n) is 4.53. The quantitative estimate of drug-likeness (QED) is 0.415. The Kier molecular flexibility index (Phi) is 8.04. The van der Waals surface area contributed by atoms with Crippen LogP contribution >= 0.6 is 0 Å². The van der Waals surface area contributed by atoms with Gasteiger partial charge in [-0.15, -0.1) is 0 Å². The first-order chi connectivity index (χ1) is 15.4. The molecule has 5 atom stereocenters. The molecule has 184 valence electrons. The minimum Gasteiger partial charge on any atom is -0.464 e. The topological polar surface area (TPSA) is 74.3 Å². The number of ether oxygens (including phenoxy) is 3. The van der Waals surface area contributed by atoms with E-state index in [4.69, 9.17) is 18.6 Å². The largest absolute Gasteiger partial charge is 0.464 e. The molecule has 3 rings (SSSR count). The predicted molar refractivity (Wildman–Crippen MR) is 128 cm³/mol. The van der Waals surface area contributed by atoms with Gasteiger partial charge in [-0.3, -0.25) is 14.5 Å². The normalized spacial score (nSPS) is 27.9. The predicted octanol–water partition coefficient (Wildman–Crippen LogP) is 3.91. The first kappa shape index (κ1) is 25.9. The van der Waals surface area contributed by atoms with Gasteiger partial charge in [-0.25, -0.2) is 0 Å². The molecule has 2 heterocycles. The van der Waals surface area contributed by atoms with Gasteiger partial charge in [0.05, 0.1) is 24.9 Å². The van der Waals surface area contributed by atoms with Crippen LogP contribution in [0.15, 0.2) is 30.3 Å². The van der Waals surface area contributed by atoms with Crippen LogP contribution in [0, 0.1) is 0 Å². The number of hydrogen-bond donors (Lipinski definition) is 0. The van der Waals surface area contributed by atoms with Crippen LogP contribution in [0.2, 0.25) is 18.1 Å². The first-order valence-electron chi connectivity index (χ1n) is 11.8. The van der Waals surface area contributed by atoms with Crippen molar-refractivity contribution < 1.29 is 28.2 Å². The molecule has 7 nitrogen and oxygen atoms in total. The fraction of sp³-hybridized carbons (Fsp3) is 0.680. The molecular formula is C25H39NO6Si. The fourth-order valence-corrected chi connectivity index (χ4v) is 5.85. The van der Waals surface area contributed by atoms with Crippen LogP contribution in [0.4, 0.5) is 0 Å². The second kappa shape index (κ2) is 10.3. The van der Waals surface area contributed by atoms with Crippen molar-refractivity contribution in [2.75, 3.05) is 13.2 Å². The van der Waals surface area contributed by atoms with E-state index in [0.29, 0.717) is 19.6 Å². The van der Waals surface area contributed by atoms with Gasteiger partial charge in [-0.1, -0.05) is 51.1 Å². The molecule has 33 heavy (non-hydrogen) atoms. The minimum atomic E-state index is -2.05. The Hall–Kier alpha value is -1.74. The molecule has 0 amide bonds. The van der Waals surface area contributed by atoms with E-state index in [1.807, 2.05) is 18.2 Å². The number of carbonyl (C=O) groups excluding carboxylic acids is 2. The maximum Gasteiger partial charge on any atom is 0.302 e. The monoisotopic (exact) mass is 477 g/mol. The molecule has 2 aliphatic rings. The second-order valence-corrected chi connectivity index (χ2v) is 15.5. The van der Waals surface area contributed by atoms with Crippen LogP contribution in [0.1, 0.15) is 46.6 Å². The van der Waals surface area contributed by atoms with Gasteiger partial charge in [0.25, 0.3) is 0 Å². The molecule has 0 aromatic heterocycles. The number of nitrogens with zero attached hydrogens (tertiary/aromatic N) is 1. The summed E-state index contributed by atoms with van der Waals surface area (Å²) in [6.07, 6.45) is 0.0171. The van der Waals surface area contributed by atoms with Crippen LogP contribution in [-0.2, 0) is 34.8 Å². The van der Waals surface area contributed by atoms with Crippen molar-refractivity contribution in [2.45, 2.75) is 96.2 Å². The maximum atomic E-state index is 11.8. The molecule has 2 aliphatic heterocycles. The molecule has 0 radical (unpaired) electrons. The summed E-state index contributed by atoms with van der Waals surface area (Å²) in [5.41, 5.74) is 1.10. The van der Waals surface area contributed by atoms with Gasteiger partial charge < -0.3 is 18.6 Å². The van der Waals surface area contributed by atoms with Crippen molar-refractivity contribution in [3.8, 4) is 0 Å². The molecule has 0 spiro atoms. The number of esters is 2. The third-order valence-electron chi connectivity index (χ3n) is 7.20. The van der Waals surface area contributed by atoms with Crippen LogP contribution in [0.25, 0.3) is 0 Å². The van der Waals surface area contributed by atoms with Crippen LogP contribution < -0.4 is 0 Å². The number of fused-ring (bicyclic) bond motifs is 1. The van der Waals surface area contributed by atoms with Gasteiger partial charge in [0.2, 0.25) is 0 Å². The molecule has 8 heteroatoms. The molecule has 0 aliphatic carbocycles. The highest BCUT2D eigenvalue weighted by Gasteiger charge is 2.56. The minimum absolute atomic E-state index is 0.0217. The third kappa shape index (κ3) is 6.23. The highest BCUT2D eigenvalue weighted by atomic mass is 28.4. The molecule has 0 saturated carbocycles. The standard InChI is InChI=1S/C25H39NO6Si/c1-17(27)29-16-21-22(31-18(2)28)13-20-24(30-15-19-11-9-8-10-12-19)23(14-26(20)21)32-33(6,7)25(3,4)5/h8-12,20-24H,13-16H2,1-7H3/t20-,21-,22-,23+,24-/m0/s1. The van der Waals surface area contributed by atoms with E-state index in [9.17, 15) is 9.59 Å². The molecule has 1 aromatic rings. The Bertz CT molecular complexity index is 824. The van der Waals surface area contributed by atoms with Gasteiger partial charge in [0.1, 0.15) is 12.7 Å². The van der Waals surface area contributed by atoms with E-state index in [2.05, 4.69) is 50.9 Å². The Morgan fingerprint density at radius 1 is 1.06 bits per heavy atom. The van der Waals surface area contributed by atoms with Gasteiger partial charge in [-0.2, -0.15) is 0 Å². The second-order valence-electron chi connectivity index (χ2n) is 10.7. The van der Waals surface area contributed by atoms with Crippen molar-refractivity contribution >= 4 is 20.3 Å². The first-order valence-corrected chi connectivity index (χ1v) is 14.7. The summed E-state index contributed by atoms with van der Waals surface area (Å²) >= 11 is 0. The van der Waals surface area contributed by atoms with E-state index < -0.39 is 8.32 Å². The molecule has 0 unspecified atom stereocenters. The summed E-state index contributed by atoms with van der Waals surface area (Å²) in [4.78, 5) is 25.5. The van der Waals surface area contributed by atoms with E-state index in [0.717, 1.165) is 5.56 Å². The van der Waals surface area contributed by atoms with Crippen molar-refractivity contribution in [3.63, 3.8) is 0 Å². The van der Waals surface area contributed by atoms with Gasteiger partial charge >= 0.3 is 11.9 Å². The Balaban J connectivity index is 1.84. The van der Waals surface area contributed by atoms with Gasteiger partial charge in [0.15, 0.2) is 8.32 Å². The molecule has 2 fully saturated rings. The smallest absolute Gasteiger partial charge is 0.302 e. The summed E-state index contributed by atoms with van der Waals surface area (Å²) < 4.78 is 24.3. The average molecular weight is 478 g/mol. The van der Waals surface area contributed by atoms with Crippen molar-refractivity contribution in [1.29, 1.82) is 0 Å². The summed E-state index contributed by atoms with van der Waals surface area (Å²) in [6, 6.07) is 9.92. The molecule has 0 bridgehead atoms. The number of benzene rings is 1. The summed E-state index contributed by atoms with van der Waals surface area (Å²) in [7, 11) is -2.05. The number of hydrogen-bond acceptors (Lipinski definition) is 7. The average Bonchev–Trinajstić information content (AvgIpc) is 3.18. The van der Waals surface area contributed by atoms with Gasteiger partial charge in [0, 0.05) is 32.9 Å². The van der Waals surface area contributed by atoms with E-state index in [1.54, 1.807) is 0 Å². The SMILES string of the molecule is CC(=O)OC[C@H]1[C@@H](OC(C)=O)C[C@H]2[C@H](OCc3ccccc3)[C@H](O[Si](C)(C)C(C)(C)C)CN21. The Labute approximate surface area is 198 Å². The highest BCUT2D eigenvalue weighted by molar-refractivity contribution is 6.74. The van der Waals surface area contributed by atoms with Gasteiger partial charge in [-0.05, 0) is 23.7 Å². The summed E-state index contributed by atoms with van der Waals surface area (Å²) in [5, 5.41) is 0.0709. The van der Waals surface area contributed by atoms with Crippen molar-refractivity contribution in [3.05, 3.63) is 35.9 Å². The lowest BCUT2D eigenvalue weighted by atomic mass is 10.0. The number of carbonyl (C=O) groups is 2. The molecular weight excluding hydrogens is 438 g/mol.